The molecule has 0 bridgehead atoms. The van der Waals surface area contributed by atoms with Crippen LogP contribution in [0.5, 0.6) is 0 Å². The van der Waals surface area contributed by atoms with Crippen LogP contribution in [0.4, 0.5) is 0 Å². The summed E-state index contributed by atoms with van der Waals surface area (Å²) in [6, 6.07) is 11.3. The average Bonchev–Trinajstić information content (AvgIpc) is 2.68. The molecule has 2 N–H and O–H groups in total. The second-order valence-corrected chi connectivity index (χ2v) is 5.20. The van der Waals surface area contributed by atoms with Crippen molar-refractivity contribution in [3.8, 4) is 11.1 Å². The first-order valence-electron chi connectivity index (χ1n) is 5.31. The summed E-state index contributed by atoms with van der Waals surface area (Å²) in [5.41, 5.74) is 3.22. The highest BCUT2D eigenvalue weighted by Crippen LogP contribution is 2.35. The fraction of sp³-hybridized carbons (Fsp3) is 0. The minimum absolute atomic E-state index is 0.208. The summed E-state index contributed by atoms with van der Waals surface area (Å²) in [6.45, 7) is 0. The molecule has 2 aromatic carbocycles. The number of rotatable bonds is 1. The molecule has 1 aromatic heterocycles. The van der Waals surface area contributed by atoms with Crippen LogP contribution in [0.15, 0.2) is 45.7 Å². The van der Waals surface area contributed by atoms with E-state index in [2.05, 4.69) is 25.9 Å². The van der Waals surface area contributed by atoms with E-state index >= 15 is 0 Å². The van der Waals surface area contributed by atoms with Crippen LogP contribution in [0.2, 0.25) is 5.02 Å². The van der Waals surface area contributed by atoms with Crippen LogP contribution in [0, 0.1) is 0 Å². The summed E-state index contributed by atoms with van der Waals surface area (Å²) < 4.78 is 0.923. The standard InChI is InChI=1S/C13H8BrClN2O/c14-8-2-1-3-9(15)12(8)7-4-5-10-11(6-7)17-13(18)16-10/h1-6H,(H2,16,17,18). The molecule has 0 spiro atoms. The van der Waals surface area contributed by atoms with Gasteiger partial charge in [0.2, 0.25) is 0 Å². The lowest BCUT2D eigenvalue weighted by Crippen LogP contribution is -1.99. The smallest absolute Gasteiger partial charge is 0.306 e. The van der Waals surface area contributed by atoms with E-state index in [1.54, 1.807) is 0 Å². The molecular weight excluding hydrogens is 316 g/mol. The van der Waals surface area contributed by atoms with Gasteiger partial charge < -0.3 is 9.97 Å². The Morgan fingerprint density at radius 3 is 2.61 bits per heavy atom. The van der Waals surface area contributed by atoms with Gasteiger partial charge in [-0.25, -0.2) is 4.79 Å². The van der Waals surface area contributed by atoms with Crippen molar-refractivity contribution in [2.45, 2.75) is 0 Å². The molecule has 0 aliphatic carbocycles. The summed E-state index contributed by atoms with van der Waals surface area (Å²) in [5, 5.41) is 0.668. The molecule has 0 radical (unpaired) electrons. The highest BCUT2D eigenvalue weighted by Gasteiger charge is 2.09. The summed E-state index contributed by atoms with van der Waals surface area (Å²) in [5.74, 6) is 0. The highest BCUT2D eigenvalue weighted by atomic mass is 79.9. The summed E-state index contributed by atoms with van der Waals surface area (Å²) in [4.78, 5) is 16.7. The van der Waals surface area contributed by atoms with Crippen LogP contribution in [0.25, 0.3) is 22.2 Å². The number of hydrogen-bond acceptors (Lipinski definition) is 1. The zero-order chi connectivity index (χ0) is 12.7. The number of hydrogen-bond donors (Lipinski definition) is 2. The molecule has 3 nitrogen and oxygen atoms in total. The van der Waals surface area contributed by atoms with Crippen molar-refractivity contribution < 1.29 is 0 Å². The second kappa shape index (κ2) is 4.30. The van der Waals surface area contributed by atoms with Gasteiger partial charge in [-0.1, -0.05) is 39.7 Å². The van der Waals surface area contributed by atoms with Gasteiger partial charge in [0.05, 0.1) is 11.0 Å². The zero-order valence-electron chi connectivity index (χ0n) is 9.13. The van der Waals surface area contributed by atoms with E-state index in [1.165, 1.54) is 0 Å². The van der Waals surface area contributed by atoms with Crippen LogP contribution in [-0.4, -0.2) is 9.97 Å². The number of aromatic nitrogens is 2. The molecule has 0 atom stereocenters. The van der Waals surface area contributed by atoms with Gasteiger partial charge in [-0.3, -0.25) is 0 Å². The van der Waals surface area contributed by atoms with Gasteiger partial charge in [0.25, 0.3) is 0 Å². The van der Waals surface area contributed by atoms with Gasteiger partial charge in [-0.2, -0.15) is 0 Å². The Hall–Kier alpha value is -1.52. The SMILES string of the molecule is O=c1[nH]c2ccc(-c3c(Cl)cccc3Br)cc2[nH]1. The lowest BCUT2D eigenvalue weighted by Gasteiger charge is -2.07. The van der Waals surface area contributed by atoms with Crippen molar-refractivity contribution >= 4 is 38.6 Å². The predicted octanol–water partition coefficient (Wildman–Crippen LogP) is 3.94. The molecule has 0 fully saturated rings. The Morgan fingerprint density at radius 2 is 1.83 bits per heavy atom. The number of imidazole rings is 1. The predicted molar refractivity (Wildman–Crippen MR) is 77.1 cm³/mol. The van der Waals surface area contributed by atoms with Crippen molar-refractivity contribution in [1.29, 1.82) is 0 Å². The maximum absolute atomic E-state index is 11.2. The first kappa shape index (κ1) is 11.6. The number of benzene rings is 2. The van der Waals surface area contributed by atoms with Crippen LogP contribution < -0.4 is 5.69 Å². The normalized spacial score (nSPS) is 11.0. The molecule has 0 saturated carbocycles. The Labute approximate surface area is 116 Å². The van der Waals surface area contributed by atoms with Crippen molar-refractivity contribution in [2.75, 3.05) is 0 Å². The first-order chi connectivity index (χ1) is 8.65. The molecule has 3 rings (SSSR count). The fourth-order valence-electron chi connectivity index (χ4n) is 1.96. The van der Waals surface area contributed by atoms with Gasteiger partial charge in [0, 0.05) is 15.1 Å². The molecule has 0 saturated heterocycles. The van der Waals surface area contributed by atoms with Crippen molar-refractivity contribution in [3.05, 3.63) is 56.4 Å². The lowest BCUT2D eigenvalue weighted by atomic mass is 10.1. The molecule has 0 aliphatic rings. The molecule has 0 aliphatic heterocycles. The number of aromatic amines is 2. The molecule has 0 unspecified atom stereocenters. The van der Waals surface area contributed by atoms with Crippen LogP contribution in [0.1, 0.15) is 0 Å². The molecule has 0 amide bonds. The average molecular weight is 324 g/mol. The zero-order valence-corrected chi connectivity index (χ0v) is 11.5. The van der Waals surface area contributed by atoms with Crippen molar-refractivity contribution in [3.63, 3.8) is 0 Å². The molecule has 90 valence electrons. The third-order valence-electron chi connectivity index (χ3n) is 2.77. The van der Waals surface area contributed by atoms with Crippen LogP contribution >= 0.6 is 27.5 Å². The quantitative estimate of drug-likeness (QED) is 0.700. The van der Waals surface area contributed by atoms with Crippen LogP contribution in [0.3, 0.4) is 0 Å². The van der Waals surface area contributed by atoms with Gasteiger partial charge in [-0.15, -0.1) is 0 Å². The third kappa shape index (κ3) is 1.87. The topological polar surface area (TPSA) is 48.6 Å². The van der Waals surface area contributed by atoms with E-state index in [4.69, 9.17) is 11.6 Å². The molecular formula is C13H8BrClN2O. The number of nitrogens with one attached hydrogen (secondary N) is 2. The molecule has 3 aromatic rings. The fourth-order valence-corrected chi connectivity index (χ4v) is 2.95. The van der Waals surface area contributed by atoms with E-state index in [0.717, 1.165) is 26.6 Å². The van der Waals surface area contributed by atoms with Crippen molar-refractivity contribution in [2.24, 2.45) is 0 Å². The van der Waals surface area contributed by atoms with Gasteiger partial charge in [0.1, 0.15) is 0 Å². The highest BCUT2D eigenvalue weighted by molar-refractivity contribution is 9.10. The summed E-state index contributed by atoms with van der Waals surface area (Å²) >= 11 is 9.70. The minimum Gasteiger partial charge on any atom is -0.306 e. The first-order valence-corrected chi connectivity index (χ1v) is 6.49. The lowest BCUT2D eigenvalue weighted by molar-refractivity contribution is 1.22. The van der Waals surface area contributed by atoms with Gasteiger partial charge >= 0.3 is 5.69 Å². The monoisotopic (exact) mass is 322 g/mol. The maximum atomic E-state index is 11.2. The Morgan fingerprint density at radius 1 is 1.06 bits per heavy atom. The minimum atomic E-state index is -0.208. The number of fused-ring (bicyclic) bond motifs is 1. The Balaban J connectivity index is 2.28. The van der Waals surface area contributed by atoms with E-state index in [-0.39, 0.29) is 5.69 Å². The Bertz CT molecular complexity index is 771. The molecule has 1 heterocycles. The number of H-pyrrole nitrogens is 2. The maximum Gasteiger partial charge on any atom is 0.323 e. The Kier molecular flexibility index (Phi) is 2.76. The third-order valence-corrected chi connectivity index (χ3v) is 3.74. The van der Waals surface area contributed by atoms with E-state index in [0.29, 0.717) is 5.02 Å². The van der Waals surface area contributed by atoms with E-state index in [1.807, 2.05) is 36.4 Å². The molecule has 5 heteroatoms. The number of halogens is 2. The van der Waals surface area contributed by atoms with Crippen molar-refractivity contribution in [1.82, 2.24) is 9.97 Å². The van der Waals surface area contributed by atoms with Gasteiger partial charge in [-0.05, 0) is 29.8 Å². The summed E-state index contributed by atoms with van der Waals surface area (Å²) in [7, 11) is 0. The van der Waals surface area contributed by atoms with Gasteiger partial charge in [0.15, 0.2) is 0 Å². The van der Waals surface area contributed by atoms with E-state index in [9.17, 15) is 4.79 Å². The largest absolute Gasteiger partial charge is 0.323 e. The molecule has 18 heavy (non-hydrogen) atoms. The summed E-state index contributed by atoms with van der Waals surface area (Å²) in [6.07, 6.45) is 0. The van der Waals surface area contributed by atoms with E-state index < -0.39 is 0 Å². The van der Waals surface area contributed by atoms with Crippen LogP contribution in [-0.2, 0) is 0 Å². The second-order valence-electron chi connectivity index (χ2n) is 3.94.